The smallest absolute Gasteiger partial charge is 0.407 e. The molecule has 2 aromatic rings. The number of benzene rings is 2. The summed E-state index contributed by atoms with van der Waals surface area (Å²) in [7, 11) is 0. The Hall–Kier alpha value is -2.56. The molecule has 112 valence electrons. The van der Waals surface area contributed by atoms with Gasteiger partial charge in [-0.2, -0.15) is 0 Å². The molecule has 0 spiro atoms. The number of ether oxygens (including phenoxy) is 2. The number of hydrogen-bond acceptors (Lipinski definition) is 4. The van der Waals surface area contributed by atoms with E-state index >= 15 is 0 Å². The van der Waals surface area contributed by atoms with Crippen LogP contribution in [0.15, 0.2) is 30.3 Å². The molecule has 1 atom stereocenters. The Morgan fingerprint density at radius 2 is 2.05 bits per heavy atom. The zero-order chi connectivity index (χ0) is 15.1. The first-order chi connectivity index (χ1) is 10.7. The molecule has 1 aliphatic heterocycles. The van der Waals surface area contributed by atoms with E-state index < -0.39 is 12.2 Å². The van der Waals surface area contributed by atoms with Crippen molar-refractivity contribution >= 4 is 22.8 Å². The maximum Gasteiger partial charge on any atom is 0.407 e. The fourth-order valence-corrected chi connectivity index (χ4v) is 3.20. The Kier molecular flexibility index (Phi) is 2.99. The highest BCUT2D eigenvalue weighted by Gasteiger charge is 2.25. The van der Waals surface area contributed by atoms with Gasteiger partial charge >= 0.3 is 12.1 Å². The van der Waals surface area contributed by atoms with E-state index in [2.05, 4.69) is 11.4 Å². The summed E-state index contributed by atoms with van der Waals surface area (Å²) in [6, 6.07) is 9.88. The first-order valence-electron chi connectivity index (χ1n) is 7.37. The van der Waals surface area contributed by atoms with Crippen molar-refractivity contribution in [2.24, 2.45) is 0 Å². The fourth-order valence-electron chi connectivity index (χ4n) is 3.20. The van der Waals surface area contributed by atoms with E-state index in [1.54, 1.807) is 0 Å². The van der Waals surface area contributed by atoms with Crippen LogP contribution >= 0.6 is 0 Å². The zero-order valence-corrected chi connectivity index (χ0v) is 11.9. The largest absolute Gasteiger partial charge is 0.458 e. The standard InChI is InChI=1S/C17H15NO4/c19-16(21-9-12-8-18-17(20)22-12)14-7-6-11-5-4-10-2-1-3-13(14)15(10)11/h1-3,6-7,12H,4-5,8-9H2,(H,18,20)/t12-/m1/s1. The highest BCUT2D eigenvalue weighted by atomic mass is 16.6. The van der Waals surface area contributed by atoms with E-state index in [9.17, 15) is 9.59 Å². The van der Waals surface area contributed by atoms with Gasteiger partial charge in [0, 0.05) is 0 Å². The van der Waals surface area contributed by atoms with E-state index in [1.165, 1.54) is 16.5 Å². The van der Waals surface area contributed by atoms with Gasteiger partial charge in [0.2, 0.25) is 0 Å². The van der Waals surface area contributed by atoms with Crippen LogP contribution in [0.5, 0.6) is 0 Å². The monoisotopic (exact) mass is 297 g/mol. The molecule has 1 amide bonds. The molecule has 0 unspecified atom stereocenters. The van der Waals surface area contributed by atoms with E-state index in [4.69, 9.17) is 9.47 Å². The van der Waals surface area contributed by atoms with Crippen LogP contribution in [-0.4, -0.2) is 31.3 Å². The Bertz CT molecular complexity index is 773. The second-order valence-corrected chi connectivity index (χ2v) is 5.62. The predicted molar refractivity (Wildman–Crippen MR) is 79.9 cm³/mol. The van der Waals surface area contributed by atoms with Crippen LogP contribution in [0.2, 0.25) is 0 Å². The molecule has 5 nitrogen and oxygen atoms in total. The molecule has 0 radical (unpaired) electrons. The summed E-state index contributed by atoms with van der Waals surface area (Å²) >= 11 is 0. The van der Waals surface area contributed by atoms with Crippen molar-refractivity contribution < 1.29 is 19.1 Å². The van der Waals surface area contributed by atoms with Crippen molar-refractivity contribution in [2.75, 3.05) is 13.2 Å². The second-order valence-electron chi connectivity index (χ2n) is 5.62. The Morgan fingerprint density at radius 1 is 1.23 bits per heavy atom. The maximum absolute atomic E-state index is 12.4. The molecule has 0 aromatic heterocycles. The lowest BCUT2D eigenvalue weighted by Gasteiger charge is -2.11. The summed E-state index contributed by atoms with van der Waals surface area (Å²) in [5.74, 6) is -0.376. The van der Waals surface area contributed by atoms with Crippen molar-refractivity contribution in [3.63, 3.8) is 0 Å². The molecule has 2 aliphatic rings. The number of cyclic esters (lactones) is 1. The highest BCUT2D eigenvalue weighted by Crippen LogP contribution is 2.33. The number of rotatable bonds is 3. The third-order valence-corrected chi connectivity index (χ3v) is 4.24. The lowest BCUT2D eigenvalue weighted by Crippen LogP contribution is -2.22. The van der Waals surface area contributed by atoms with E-state index in [1.807, 2.05) is 24.3 Å². The van der Waals surface area contributed by atoms with Crippen molar-refractivity contribution in [2.45, 2.75) is 18.9 Å². The van der Waals surface area contributed by atoms with Crippen LogP contribution in [0.3, 0.4) is 0 Å². The summed E-state index contributed by atoms with van der Waals surface area (Å²) in [6.07, 6.45) is 1.17. The maximum atomic E-state index is 12.4. The summed E-state index contributed by atoms with van der Waals surface area (Å²) in [4.78, 5) is 23.3. The molecule has 2 aromatic carbocycles. The molecule has 1 aliphatic carbocycles. The third kappa shape index (κ3) is 2.09. The zero-order valence-electron chi connectivity index (χ0n) is 11.9. The third-order valence-electron chi connectivity index (χ3n) is 4.24. The number of nitrogens with one attached hydrogen (secondary N) is 1. The van der Waals surface area contributed by atoms with Crippen molar-refractivity contribution in [1.82, 2.24) is 5.32 Å². The molecular weight excluding hydrogens is 282 g/mol. The van der Waals surface area contributed by atoms with Crippen molar-refractivity contribution in [3.8, 4) is 0 Å². The van der Waals surface area contributed by atoms with Gasteiger partial charge in [0.25, 0.3) is 0 Å². The minimum atomic E-state index is -0.466. The van der Waals surface area contributed by atoms with Gasteiger partial charge in [0.15, 0.2) is 6.10 Å². The fraction of sp³-hybridized carbons (Fsp3) is 0.294. The van der Waals surface area contributed by atoms with Crippen LogP contribution in [0.1, 0.15) is 21.5 Å². The minimum Gasteiger partial charge on any atom is -0.458 e. The molecule has 1 saturated heterocycles. The Labute approximate surface area is 127 Å². The molecular formula is C17H15NO4. The molecule has 1 N–H and O–H groups in total. The normalized spacial score (nSPS) is 19.1. The molecule has 0 bridgehead atoms. The van der Waals surface area contributed by atoms with Crippen molar-refractivity contribution in [1.29, 1.82) is 0 Å². The number of carbonyl (C=O) groups is 2. The number of amides is 1. The van der Waals surface area contributed by atoms with Gasteiger partial charge in [0.1, 0.15) is 6.61 Å². The van der Waals surface area contributed by atoms with Crippen LogP contribution < -0.4 is 5.32 Å². The van der Waals surface area contributed by atoms with Crippen molar-refractivity contribution in [3.05, 3.63) is 47.0 Å². The highest BCUT2D eigenvalue weighted by molar-refractivity contribution is 6.07. The Balaban J connectivity index is 1.59. The first kappa shape index (κ1) is 13.1. The molecule has 4 rings (SSSR count). The lowest BCUT2D eigenvalue weighted by molar-refractivity contribution is 0.0302. The molecule has 1 heterocycles. The molecule has 1 fully saturated rings. The van der Waals surface area contributed by atoms with Gasteiger partial charge in [-0.15, -0.1) is 0 Å². The van der Waals surface area contributed by atoms with E-state index in [-0.39, 0.29) is 12.6 Å². The first-order valence-corrected chi connectivity index (χ1v) is 7.37. The van der Waals surface area contributed by atoms with E-state index in [0.717, 1.165) is 18.2 Å². The van der Waals surface area contributed by atoms with Crippen LogP contribution in [0.25, 0.3) is 10.8 Å². The van der Waals surface area contributed by atoms with Gasteiger partial charge in [-0.05, 0) is 40.8 Å². The van der Waals surface area contributed by atoms with E-state index in [0.29, 0.717) is 12.1 Å². The average molecular weight is 297 g/mol. The molecule has 5 heteroatoms. The van der Waals surface area contributed by atoms with Crippen LogP contribution in [0.4, 0.5) is 4.79 Å². The predicted octanol–water partition coefficient (Wildman–Crippen LogP) is 2.20. The van der Waals surface area contributed by atoms with Gasteiger partial charge in [-0.1, -0.05) is 24.3 Å². The Morgan fingerprint density at radius 3 is 2.82 bits per heavy atom. The van der Waals surface area contributed by atoms with Crippen LogP contribution in [-0.2, 0) is 22.3 Å². The summed E-state index contributed by atoms with van der Waals surface area (Å²) in [5.41, 5.74) is 3.15. The topological polar surface area (TPSA) is 64.6 Å². The number of carbonyl (C=O) groups excluding carboxylic acids is 2. The van der Waals surface area contributed by atoms with Gasteiger partial charge in [-0.25, -0.2) is 9.59 Å². The number of alkyl carbamates (subject to hydrolysis) is 1. The van der Waals surface area contributed by atoms with Crippen LogP contribution in [0, 0.1) is 0 Å². The number of aryl methyl sites for hydroxylation is 2. The second kappa shape index (κ2) is 5.02. The summed E-state index contributed by atoms with van der Waals surface area (Å²) in [6.45, 7) is 0.441. The summed E-state index contributed by atoms with van der Waals surface area (Å²) in [5, 5.41) is 4.66. The summed E-state index contributed by atoms with van der Waals surface area (Å²) < 4.78 is 10.3. The minimum absolute atomic E-state index is 0.0699. The SMILES string of the molecule is O=C1NC[C@H](COC(=O)c2ccc3c4c(cccc24)CC3)O1. The van der Waals surface area contributed by atoms with Gasteiger partial charge in [-0.3, -0.25) is 0 Å². The number of hydrogen-bond donors (Lipinski definition) is 1. The quantitative estimate of drug-likeness (QED) is 0.882. The lowest BCUT2D eigenvalue weighted by atomic mass is 10.00. The van der Waals surface area contributed by atoms with Gasteiger partial charge in [0.05, 0.1) is 12.1 Å². The molecule has 22 heavy (non-hydrogen) atoms. The molecule has 0 saturated carbocycles. The number of esters is 1. The van der Waals surface area contributed by atoms with Gasteiger partial charge < -0.3 is 14.8 Å². The average Bonchev–Trinajstić information content (AvgIpc) is 3.13.